The number of nitrogens with zero attached hydrogens (tertiary/aromatic N) is 2. The van der Waals surface area contributed by atoms with E-state index in [4.69, 9.17) is 14.5 Å². The summed E-state index contributed by atoms with van der Waals surface area (Å²) in [6, 6.07) is 10.2. The summed E-state index contributed by atoms with van der Waals surface area (Å²) in [5, 5.41) is 4.12. The van der Waals surface area contributed by atoms with E-state index >= 15 is 0 Å². The quantitative estimate of drug-likeness (QED) is 0.682. The first-order chi connectivity index (χ1) is 14.6. The van der Waals surface area contributed by atoms with Gasteiger partial charge in [-0.25, -0.2) is 4.98 Å². The normalized spacial score (nSPS) is 18.1. The highest BCUT2D eigenvalue weighted by atomic mass is 32.1. The number of fused-ring (bicyclic) bond motifs is 2. The first kappa shape index (κ1) is 19.2. The Bertz CT molecular complexity index is 1110. The van der Waals surface area contributed by atoms with Gasteiger partial charge in [0.15, 0.2) is 16.6 Å². The monoisotopic (exact) mass is 423 g/mol. The van der Waals surface area contributed by atoms with Gasteiger partial charge >= 0.3 is 0 Å². The van der Waals surface area contributed by atoms with E-state index in [1.165, 1.54) is 15.8 Å². The van der Waals surface area contributed by atoms with Gasteiger partial charge in [0.05, 0.1) is 16.1 Å². The molecule has 156 valence electrons. The standard InChI is InChI=1S/C23H25N3O3S/c1-14-8-15(2)21-20(9-14)30-23(25-21)26-7-3-4-17(12-26)22(27)24-11-16-5-6-18-19(10-16)29-13-28-18/h5-6,8-10,17H,3-4,7,11-13H2,1-2H3,(H,24,27). The third-order valence-electron chi connectivity index (χ3n) is 5.78. The molecule has 0 saturated carbocycles. The SMILES string of the molecule is Cc1cc(C)c2nc(N3CCCC(C(=O)NCc4ccc5c(c4)OCO5)C3)sc2c1. The second kappa shape index (κ2) is 7.80. The molecule has 0 spiro atoms. The van der Waals surface area contributed by atoms with Crippen LogP contribution in [-0.2, 0) is 11.3 Å². The molecule has 2 aliphatic heterocycles. The molecule has 3 heterocycles. The lowest BCUT2D eigenvalue weighted by Crippen LogP contribution is -2.42. The van der Waals surface area contributed by atoms with Crippen molar-refractivity contribution in [3.63, 3.8) is 0 Å². The van der Waals surface area contributed by atoms with Gasteiger partial charge in [-0.05, 0) is 61.6 Å². The largest absolute Gasteiger partial charge is 0.454 e. The zero-order valence-electron chi connectivity index (χ0n) is 17.2. The maximum atomic E-state index is 12.8. The molecule has 0 aliphatic carbocycles. The van der Waals surface area contributed by atoms with Crippen LogP contribution in [0, 0.1) is 19.8 Å². The summed E-state index contributed by atoms with van der Waals surface area (Å²) in [6.07, 6.45) is 1.91. The Balaban J connectivity index is 1.25. The molecule has 1 aromatic heterocycles. The van der Waals surface area contributed by atoms with Crippen LogP contribution < -0.4 is 19.7 Å². The first-order valence-electron chi connectivity index (χ1n) is 10.4. The average molecular weight is 424 g/mol. The lowest BCUT2D eigenvalue weighted by atomic mass is 9.97. The zero-order chi connectivity index (χ0) is 20.7. The molecule has 1 unspecified atom stereocenters. The fourth-order valence-corrected chi connectivity index (χ4v) is 5.42. The van der Waals surface area contributed by atoms with Crippen LogP contribution in [0.2, 0.25) is 0 Å². The highest BCUT2D eigenvalue weighted by Gasteiger charge is 2.27. The van der Waals surface area contributed by atoms with Gasteiger partial charge in [-0.2, -0.15) is 0 Å². The molecule has 0 bridgehead atoms. The molecule has 30 heavy (non-hydrogen) atoms. The van der Waals surface area contributed by atoms with E-state index in [1.54, 1.807) is 11.3 Å². The fourth-order valence-electron chi connectivity index (χ4n) is 4.24. The number of aromatic nitrogens is 1. The van der Waals surface area contributed by atoms with E-state index in [0.29, 0.717) is 13.1 Å². The van der Waals surface area contributed by atoms with Gasteiger partial charge in [0.2, 0.25) is 12.7 Å². The summed E-state index contributed by atoms with van der Waals surface area (Å²) in [6.45, 7) is 6.64. The lowest BCUT2D eigenvalue weighted by molar-refractivity contribution is -0.125. The van der Waals surface area contributed by atoms with Crippen molar-refractivity contribution in [3.05, 3.63) is 47.0 Å². The number of carbonyl (C=O) groups is 1. The molecular formula is C23H25N3O3S. The minimum absolute atomic E-state index is 0.0254. The van der Waals surface area contributed by atoms with Crippen molar-refractivity contribution in [1.82, 2.24) is 10.3 Å². The van der Waals surface area contributed by atoms with Crippen molar-refractivity contribution < 1.29 is 14.3 Å². The van der Waals surface area contributed by atoms with Crippen molar-refractivity contribution in [2.75, 3.05) is 24.8 Å². The molecule has 5 rings (SSSR count). The van der Waals surface area contributed by atoms with E-state index in [9.17, 15) is 4.79 Å². The summed E-state index contributed by atoms with van der Waals surface area (Å²) in [5.74, 6) is 1.58. The Hall–Kier alpha value is -2.80. The minimum atomic E-state index is -0.0254. The number of anilines is 1. The number of nitrogens with one attached hydrogen (secondary N) is 1. The number of benzene rings is 2. The molecule has 0 radical (unpaired) electrons. The predicted octanol–water partition coefficient (Wildman–Crippen LogP) is 4.17. The Labute approximate surface area is 179 Å². The summed E-state index contributed by atoms with van der Waals surface area (Å²) < 4.78 is 12.0. The predicted molar refractivity (Wildman–Crippen MR) is 118 cm³/mol. The van der Waals surface area contributed by atoms with Crippen LogP contribution >= 0.6 is 11.3 Å². The summed E-state index contributed by atoms with van der Waals surface area (Å²) >= 11 is 1.72. The average Bonchev–Trinajstić information content (AvgIpc) is 3.38. The number of hydrogen-bond acceptors (Lipinski definition) is 6. The summed E-state index contributed by atoms with van der Waals surface area (Å²) in [4.78, 5) is 20.0. The molecule has 1 fully saturated rings. The van der Waals surface area contributed by atoms with Crippen LogP contribution in [0.5, 0.6) is 11.5 Å². The number of thiazole rings is 1. The van der Waals surface area contributed by atoms with E-state index in [2.05, 4.69) is 36.2 Å². The molecule has 1 saturated heterocycles. The number of piperidine rings is 1. The molecule has 1 amide bonds. The molecule has 1 atom stereocenters. The van der Waals surface area contributed by atoms with Gasteiger partial charge in [-0.3, -0.25) is 4.79 Å². The third-order valence-corrected chi connectivity index (χ3v) is 6.85. The molecule has 1 N–H and O–H groups in total. The number of aryl methyl sites for hydroxylation is 2. The number of ether oxygens (including phenoxy) is 2. The lowest BCUT2D eigenvalue weighted by Gasteiger charge is -2.31. The first-order valence-corrected chi connectivity index (χ1v) is 11.2. The van der Waals surface area contributed by atoms with Gasteiger partial charge in [0, 0.05) is 19.6 Å². The van der Waals surface area contributed by atoms with Crippen LogP contribution in [-0.4, -0.2) is 30.8 Å². The van der Waals surface area contributed by atoms with Crippen LogP contribution in [0.1, 0.15) is 29.5 Å². The van der Waals surface area contributed by atoms with Crippen LogP contribution in [0.3, 0.4) is 0 Å². The second-order valence-electron chi connectivity index (χ2n) is 8.12. The Kier molecular flexibility index (Phi) is 4.98. The second-order valence-corrected chi connectivity index (χ2v) is 9.12. The van der Waals surface area contributed by atoms with Gasteiger partial charge in [-0.15, -0.1) is 0 Å². The third kappa shape index (κ3) is 3.69. The minimum Gasteiger partial charge on any atom is -0.454 e. The molecule has 6 nitrogen and oxygen atoms in total. The Morgan fingerprint density at radius 1 is 1.23 bits per heavy atom. The van der Waals surface area contributed by atoms with E-state index in [0.717, 1.165) is 47.1 Å². The van der Waals surface area contributed by atoms with Crippen molar-refractivity contribution in [1.29, 1.82) is 0 Å². The van der Waals surface area contributed by atoms with Crippen molar-refractivity contribution in [2.45, 2.75) is 33.2 Å². The molecule has 2 aromatic carbocycles. The molecule has 2 aliphatic rings. The van der Waals surface area contributed by atoms with Crippen molar-refractivity contribution in [2.24, 2.45) is 5.92 Å². The Morgan fingerprint density at radius 2 is 2.10 bits per heavy atom. The zero-order valence-corrected chi connectivity index (χ0v) is 18.1. The molecule has 3 aromatic rings. The van der Waals surface area contributed by atoms with Crippen LogP contribution in [0.25, 0.3) is 10.2 Å². The summed E-state index contributed by atoms with van der Waals surface area (Å²) in [7, 11) is 0. The summed E-state index contributed by atoms with van der Waals surface area (Å²) in [5.41, 5.74) is 4.56. The number of rotatable bonds is 4. The fraction of sp³-hybridized carbons (Fsp3) is 0.391. The van der Waals surface area contributed by atoms with Crippen molar-refractivity contribution >= 4 is 32.6 Å². The highest BCUT2D eigenvalue weighted by molar-refractivity contribution is 7.22. The van der Waals surface area contributed by atoms with E-state index in [-0.39, 0.29) is 18.6 Å². The smallest absolute Gasteiger partial charge is 0.231 e. The van der Waals surface area contributed by atoms with Gasteiger partial charge in [0.1, 0.15) is 0 Å². The number of amides is 1. The number of hydrogen-bond donors (Lipinski definition) is 1. The van der Waals surface area contributed by atoms with E-state index in [1.807, 2.05) is 18.2 Å². The van der Waals surface area contributed by atoms with Gasteiger partial charge < -0.3 is 19.7 Å². The highest BCUT2D eigenvalue weighted by Crippen LogP contribution is 2.34. The topological polar surface area (TPSA) is 63.7 Å². The number of carbonyl (C=O) groups excluding carboxylic acids is 1. The van der Waals surface area contributed by atoms with Crippen LogP contribution in [0.4, 0.5) is 5.13 Å². The van der Waals surface area contributed by atoms with E-state index < -0.39 is 0 Å². The van der Waals surface area contributed by atoms with Crippen molar-refractivity contribution in [3.8, 4) is 11.5 Å². The maximum absolute atomic E-state index is 12.8. The van der Waals surface area contributed by atoms with Gasteiger partial charge in [0.25, 0.3) is 0 Å². The Morgan fingerprint density at radius 3 is 3.00 bits per heavy atom. The molecular weight excluding hydrogens is 398 g/mol. The maximum Gasteiger partial charge on any atom is 0.231 e. The van der Waals surface area contributed by atoms with Crippen LogP contribution in [0.15, 0.2) is 30.3 Å². The molecule has 7 heteroatoms. The van der Waals surface area contributed by atoms with Gasteiger partial charge in [-0.1, -0.05) is 23.5 Å².